The van der Waals surface area contributed by atoms with Crippen LogP contribution < -0.4 is 14.8 Å². The van der Waals surface area contributed by atoms with Crippen LogP contribution in [0.5, 0.6) is 11.5 Å². The summed E-state index contributed by atoms with van der Waals surface area (Å²) in [5, 5.41) is 2.67. The van der Waals surface area contributed by atoms with Crippen molar-refractivity contribution in [2.24, 2.45) is 0 Å². The Labute approximate surface area is 142 Å². The molecule has 6 heteroatoms. The molecule has 0 saturated heterocycles. The van der Waals surface area contributed by atoms with Gasteiger partial charge in [-0.05, 0) is 42.0 Å². The number of carbonyl (C=O) groups excluding carboxylic acids is 1. The van der Waals surface area contributed by atoms with Crippen LogP contribution in [0.3, 0.4) is 0 Å². The molecular weight excluding hydrogens is 325 g/mol. The topological polar surface area (TPSA) is 56.8 Å². The summed E-state index contributed by atoms with van der Waals surface area (Å²) in [6, 6.07) is 9.89. The highest BCUT2D eigenvalue weighted by atomic mass is 19.1. The first-order valence-electron chi connectivity index (χ1n) is 7.78. The second-order valence-corrected chi connectivity index (χ2v) is 5.91. The third-order valence-corrected chi connectivity index (χ3v) is 4.40. The molecule has 0 aromatic heterocycles. The van der Waals surface area contributed by atoms with Gasteiger partial charge in [-0.1, -0.05) is 6.07 Å². The second-order valence-electron chi connectivity index (χ2n) is 5.91. The lowest BCUT2D eigenvalue weighted by Gasteiger charge is -2.03. The highest BCUT2D eigenvalue weighted by Gasteiger charge is 2.30. The second kappa shape index (κ2) is 5.11. The molecule has 0 fully saturated rings. The van der Waals surface area contributed by atoms with Gasteiger partial charge >= 0.3 is 0 Å². The summed E-state index contributed by atoms with van der Waals surface area (Å²) in [5.74, 6) is 1.20. The normalized spacial score (nSPS) is 20.2. The van der Waals surface area contributed by atoms with E-state index in [-0.39, 0.29) is 12.7 Å². The molecule has 25 heavy (non-hydrogen) atoms. The van der Waals surface area contributed by atoms with E-state index >= 15 is 0 Å². The molecule has 0 unspecified atom stereocenters. The summed E-state index contributed by atoms with van der Waals surface area (Å²) in [6.07, 6.45) is 1.84. The summed E-state index contributed by atoms with van der Waals surface area (Å²) < 4.78 is 29.8. The molecule has 3 aliphatic heterocycles. The van der Waals surface area contributed by atoms with Crippen molar-refractivity contribution in [1.29, 1.82) is 0 Å². The van der Waals surface area contributed by atoms with Crippen molar-refractivity contribution < 1.29 is 23.4 Å². The molecule has 5 nitrogen and oxygen atoms in total. The molecule has 0 saturated carbocycles. The molecule has 5 rings (SSSR count). The van der Waals surface area contributed by atoms with Crippen molar-refractivity contribution in [3.63, 3.8) is 0 Å². The van der Waals surface area contributed by atoms with E-state index in [1.54, 1.807) is 6.07 Å². The molecule has 0 atom stereocenters. The number of ether oxygens (including phenoxy) is 3. The molecule has 1 amide bonds. The van der Waals surface area contributed by atoms with Crippen LogP contribution in [0.4, 0.5) is 10.1 Å². The Kier molecular flexibility index (Phi) is 2.88. The van der Waals surface area contributed by atoms with E-state index in [0.29, 0.717) is 40.7 Å². The average molecular weight is 337 g/mol. The number of halogens is 1. The first kappa shape index (κ1) is 14.1. The molecule has 2 aromatic rings. The number of amides is 1. The molecule has 0 radical (unpaired) electrons. The van der Waals surface area contributed by atoms with Crippen molar-refractivity contribution in [1.82, 2.24) is 0 Å². The van der Waals surface area contributed by atoms with Gasteiger partial charge in [0.15, 0.2) is 11.5 Å². The van der Waals surface area contributed by atoms with Crippen LogP contribution in [0.1, 0.15) is 11.1 Å². The highest BCUT2D eigenvalue weighted by Crippen LogP contribution is 2.40. The van der Waals surface area contributed by atoms with Gasteiger partial charge in [0.1, 0.15) is 18.2 Å². The van der Waals surface area contributed by atoms with Gasteiger partial charge < -0.3 is 19.5 Å². The minimum absolute atomic E-state index is 0.219. The monoisotopic (exact) mass is 337 g/mol. The lowest BCUT2D eigenvalue weighted by atomic mass is 10.0. The van der Waals surface area contributed by atoms with Crippen LogP contribution >= 0.6 is 0 Å². The number of benzene rings is 2. The van der Waals surface area contributed by atoms with Crippen molar-refractivity contribution >= 4 is 22.7 Å². The first-order chi connectivity index (χ1) is 12.2. The highest BCUT2D eigenvalue weighted by molar-refractivity contribution is 6.32. The van der Waals surface area contributed by atoms with E-state index in [1.165, 1.54) is 12.1 Å². The van der Waals surface area contributed by atoms with Crippen LogP contribution in [-0.2, 0) is 9.53 Å². The Bertz CT molecular complexity index is 993. The minimum atomic E-state index is -0.394. The lowest BCUT2D eigenvalue weighted by molar-refractivity contribution is -0.110. The third kappa shape index (κ3) is 2.18. The fourth-order valence-corrected chi connectivity index (χ4v) is 3.19. The van der Waals surface area contributed by atoms with Gasteiger partial charge in [0.2, 0.25) is 6.79 Å². The van der Waals surface area contributed by atoms with E-state index in [2.05, 4.69) is 5.32 Å². The van der Waals surface area contributed by atoms with Gasteiger partial charge in [-0.25, -0.2) is 4.39 Å². The van der Waals surface area contributed by atoms with Gasteiger partial charge in [0.25, 0.3) is 5.91 Å². The summed E-state index contributed by atoms with van der Waals surface area (Å²) in [7, 11) is 0. The smallest absolute Gasteiger partial charge is 0.260 e. The molecule has 0 bridgehead atoms. The van der Waals surface area contributed by atoms with E-state index < -0.39 is 5.82 Å². The fraction of sp³-hybridized carbons (Fsp3) is 0.105. The van der Waals surface area contributed by atoms with E-state index in [0.717, 1.165) is 11.1 Å². The summed E-state index contributed by atoms with van der Waals surface area (Å²) in [4.78, 5) is 12.3. The number of hydrogen-bond acceptors (Lipinski definition) is 4. The molecule has 1 N–H and O–H groups in total. The quantitative estimate of drug-likeness (QED) is 0.811. The molecule has 0 spiro atoms. The zero-order chi connectivity index (χ0) is 17.0. The predicted octanol–water partition coefficient (Wildman–Crippen LogP) is 3.33. The Morgan fingerprint density at radius 2 is 1.88 bits per heavy atom. The third-order valence-electron chi connectivity index (χ3n) is 4.40. The number of hydrogen-bond donors (Lipinski definition) is 1. The van der Waals surface area contributed by atoms with E-state index in [4.69, 9.17) is 14.2 Å². The molecule has 3 aliphatic rings. The summed E-state index contributed by atoms with van der Waals surface area (Å²) in [6.45, 7) is 0.569. The van der Waals surface area contributed by atoms with Crippen molar-refractivity contribution in [3.05, 3.63) is 65.2 Å². The number of allylic oxidation sites excluding steroid dienone is 1. The number of anilines is 1. The van der Waals surface area contributed by atoms with Gasteiger partial charge in [-0.2, -0.15) is 0 Å². The standard InChI is InChI=1S/C19H12FNO4/c20-12-2-3-13-14(7-12)21-19(22)18(13)17-6-11(8-23-17)10-1-4-15-16(5-10)25-9-24-15/h1-7H,8-9H2,(H,21,22). The Morgan fingerprint density at radius 1 is 1.00 bits per heavy atom. The maximum Gasteiger partial charge on any atom is 0.260 e. The fourth-order valence-electron chi connectivity index (χ4n) is 3.19. The summed E-state index contributed by atoms with van der Waals surface area (Å²) in [5.41, 5.74) is 3.40. The van der Waals surface area contributed by atoms with Crippen molar-refractivity contribution in [2.45, 2.75) is 0 Å². The van der Waals surface area contributed by atoms with E-state index in [1.807, 2.05) is 24.3 Å². The van der Waals surface area contributed by atoms with Crippen LogP contribution in [0.25, 0.3) is 11.1 Å². The van der Waals surface area contributed by atoms with Crippen LogP contribution in [0, 0.1) is 5.82 Å². The average Bonchev–Trinajstić information content (AvgIpc) is 3.30. The van der Waals surface area contributed by atoms with Gasteiger partial charge in [0.05, 0.1) is 11.3 Å². The van der Waals surface area contributed by atoms with Crippen LogP contribution in [0.15, 0.2) is 48.2 Å². The molecular formula is C19H12FNO4. The number of nitrogens with one attached hydrogen (secondary N) is 1. The van der Waals surface area contributed by atoms with E-state index in [9.17, 15) is 9.18 Å². The van der Waals surface area contributed by atoms with Gasteiger partial charge in [0, 0.05) is 11.1 Å². The molecule has 3 heterocycles. The largest absolute Gasteiger partial charge is 0.488 e. The van der Waals surface area contributed by atoms with Crippen LogP contribution in [-0.4, -0.2) is 19.3 Å². The number of fused-ring (bicyclic) bond motifs is 2. The van der Waals surface area contributed by atoms with Gasteiger partial charge in [-0.3, -0.25) is 4.79 Å². The predicted molar refractivity (Wildman–Crippen MR) is 88.4 cm³/mol. The van der Waals surface area contributed by atoms with Crippen LogP contribution in [0.2, 0.25) is 0 Å². The molecule has 2 aromatic carbocycles. The van der Waals surface area contributed by atoms with Crippen molar-refractivity contribution in [2.75, 3.05) is 18.7 Å². The first-order valence-corrected chi connectivity index (χ1v) is 7.78. The Hall–Kier alpha value is -3.28. The Balaban J connectivity index is 1.56. The van der Waals surface area contributed by atoms with Gasteiger partial charge in [-0.15, -0.1) is 0 Å². The maximum absolute atomic E-state index is 13.4. The zero-order valence-electron chi connectivity index (χ0n) is 13.0. The minimum Gasteiger partial charge on any atom is -0.488 e. The van der Waals surface area contributed by atoms with Crippen molar-refractivity contribution in [3.8, 4) is 11.5 Å². The summed E-state index contributed by atoms with van der Waals surface area (Å²) >= 11 is 0. The Morgan fingerprint density at radius 3 is 2.80 bits per heavy atom. The lowest BCUT2D eigenvalue weighted by Crippen LogP contribution is -2.05. The zero-order valence-corrected chi connectivity index (χ0v) is 13.0. The number of rotatable bonds is 1. The molecule has 0 aliphatic carbocycles. The molecule has 124 valence electrons. The SMILES string of the molecule is O=C1Nc2cc(F)ccc2C1=C1C=C(c2ccc3c(c2)OCO3)CO1. The number of carbonyl (C=O) groups is 1. The maximum atomic E-state index is 13.4.